The number of para-hydroxylation sites is 2. The van der Waals surface area contributed by atoms with Crippen LogP contribution < -0.4 is 15.8 Å². The van der Waals surface area contributed by atoms with Crippen LogP contribution in [-0.2, 0) is 0 Å². The van der Waals surface area contributed by atoms with E-state index in [0.717, 1.165) is 11.3 Å². The summed E-state index contributed by atoms with van der Waals surface area (Å²) in [5, 5.41) is 3.51. The number of likely N-dealkylation sites (tertiary alicyclic amines) is 1. The molecule has 0 unspecified atom stereocenters. The van der Waals surface area contributed by atoms with E-state index < -0.39 is 5.66 Å². The Morgan fingerprint density at radius 2 is 1.73 bits per heavy atom. The van der Waals surface area contributed by atoms with Crippen LogP contribution in [0.25, 0.3) is 0 Å². The van der Waals surface area contributed by atoms with Gasteiger partial charge in [0.25, 0.3) is 0 Å². The molecule has 1 spiro atoms. The molecule has 2 aromatic rings. The summed E-state index contributed by atoms with van der Waals surface area (Å²) in [7, 11) is 0. The molecule has 1 fully saturated rings. The molecular weight excluding hydrogens is 352 g/mol. The number of carbonyl (C=O) groups is 1. The molecule has 2 aliphatic heterocycles. The van der Waals surface area contributed by atoms with E-state index in [1.54, 1.807) is 17.0 Å². The summed E-state index contributed by atoms with van der Waals surface area (Å²) in [6.07, 6.45) is 1.05. The Kier molecular flexibility index (Phi) is 5.04. The fraction of sp³-hybridized carbons (Fsp3) is 0.263. The summed E-state index contributed by atoms with van der Waals surface area (Å²) in [4.78, 5) is 18.7. The maximum absolute atomic E-state index is 12.3. The molecule has 0 bridgehead atoms. The molecule has 136 valence electrons. The standard InChI is InChI=1S/C19H20N4O2.ClH/c20-17-15-8-4-5-9-16(15)21-19(22-17)10-12-23(13-11-19)18(24)25-14-6-2-1-3-7-14;/h1-9,21H,10-13H2,(H2,20,22);1H. The van der Waals surface area contributed by atoms with Gasteiger partial charge >= 0.3 is 6.09 Å². The highest BCUT2D eigenvalue weighted by Gasteiger charge is 2.39. The van der Waals surface area contributed by atoms with Gasteiger partial charge in [0.15, 0.2) is 0 Å². The van der Waals surface area contributed by atoms with Crippen molar-refractivity contribution < 1.29 is 9.53 Å². The summed E-state index contributed by atoms with van der Waals surface area (Å²) in [5.74, 6) is 1.11. The number of nitrogens with two attached hydrogens (primary N) is 1. The topological polar surface area (TPSA) is 80.0 Å². The van der Waals surface area contributed by atoms with Gasteiger partial charge in [-0.15, -0.1) is 12.4 Å². The van der Waals surface area contributed by atoms with Gasteiger partial charge in [0.1, 0.15) is 17.2 Å². The van der Waals surface area contributed by atoms with Crippen LogP contribution in [0.3, 0.4) is 0 Å². The van der Waals surface area contributed by atoms with Crippen molar-refractivity contribution in [3.63, 3.8) is 0 Å². The number of nitrogens with zero attached hydrogens (tertiary/aromatic N) is 2. The summed E-state index contributed by atoms with van der Waals surface area (Å²) >= 11 is 0. The molecule has 0 atom stereocenters. The molecule has 7 heteroatoms. The first-order valence-electron chi connectivity index (χ1n) is 8.40. The number of halogens is 1. The number of nitrogens with one attached hydrogen (secondary N) is 1. The predicted molar refractivity (Wildman–Crippen MR) is 104 cm³/mol. The smallest absolute Gasteiger partial charge is 0.410 e. The number of fused-ring (bicyclic) bond motifs is 1. The third kappa shape index (κ3) is 3.46. The van der Waals surface area contributed by atoms with Crippen LogP contribution in [0.1, 0.15) is 18.4 Å². The van der Waals surface area contributed by atoms with Crippen LogP contribution in [-0.4, -0.2) is 35.6 Å². The Morgan fingerprint density at radius 1 is 1.08 bits per heavy atom. The Bertz CT molecular complexity index is 817. The third-order valence-corrected chi connectivity index (χ3v) is 4.70. The highest BCUT2D eigenvalue weighted by atomic mass is 35.5. The number of hydrogen-bond donors (Lipinski definition) is 2. The molecule has 1 amide bonds. The molecule has 0 aromatic heterocycles. The number of anilines is 1. The largest absolute Gasteiger partial charge is 0.415 e. The van der Waals surface area contributed by atoms with Crippen molar-refractivity contribution in [1.82, 2.24) is 4.90 Å². The lowest BCUT2D eigenvalue weighted by Gasteiger charge is -2.42. The van der Waals surface area contributed by atoms with Crippen molar-refractivity contribution in [2.24, 2.45) is 10.7 Å². The number of piperidine rings is 1. The minimum Gasteiger partial charge on any atom is -0.410 e. The van der Waals surface area contributed by atoms with E-state index in [1.807, 2.05) is 42.5 Å². The van der Waals surface area contributed by atoms with Gasteiger partial charge in [-0.1, -0.05) is 30.3 Å². The minimum atomic E-state index is -0.442. The highest BCUT2D eigenvalue weighted by Crippen LogP contribution is 2.34. The van der Waals surface area contributed by atoms with E-state index in [-0.39, 0.29) is 18.5 Å². The normalized spacial score (nSPS) is 17.4. The van der Waals surface area contributed by atoms with E-state index in [1.165, 1.54) is 0 Å². The average Bonchev–Trinajstić information content (AvgIpc) is 2.63. The Balaban J connectivity index is 0.00000196. The molecule has 3 N–H and O–H groups in total. The van der Waals surface area contributed by atoms with Crippen molar-refractivity contribution in [2.45, 2.75) is 18.5 Å². The molecule has 6 nitrogen and oxygen atoms in total. The van der Waals surface area contributed by atoms with E-state index in [0.29, 0.717) is 37.5 Å². The Labute approximate surface area is 158 Å². The summed E-state index contributed by atoms with van der Waals surface area (Å²) < 4.78 is 5.41. The van der Waals surface area contributed by atoms with Gasteiger partial charge in [0.05, 0.1) is 0 Å². The zero-order valence-electron chi connectivity index (χ0n) is 14.2. The molecule has 4 rings (SSSR count). The fourth-order valence-electron chi connectivity index (χ4n) is 3.33. The van der Waals surface area contributed by atoms with E-state index in [2.05, 4.69) is 5.32 Å². The number of carbonyl (C=O) groups excluding carboxylic acids is 1. The maximum atomic E-state index is 12.3. The van der Waals surface area contributed by atoms with Gasteiger partial charge in [0, 0.05) is 37.2 Å². The van der Waals surface area contributed by atoms with Gasteiger partial charge in [0.2, 0.25) is 0 Å². The number of amidine groups is 1. The second-order valence-electron chi connectivity index (χ2n) is 6.37. The number of hydrogen-bond acceptors (Lipinski definition) is 5. The zero-order chi connectivity index (χ0) is 17.3. The molecule has 2 heterocycles. The van der Waals surface area contributed by atoms with Gasteiger partial charge < -0.3 is 20.7 Å². The van der Waals surface area contributed by atoms with Crippen molar-refractivity contribution in [3.8, 4) is 5.75 Å². The van der Waals surface area contributed by atoms with Crippen LogP contribution in [0, 0.1) is 0 Å². The van der Waals surface area contributed by atoms with Gasteiger partial charge in [-0.25, -0.2) is 9.79 Å². The van der Waals surface area contributed by atoms with Crippen molar-refractivity contribution in [3.05, 3.63) is 60.2 Å². The van der Waals surface area contributed by atoms with Crippen molar-refractivity contribution in [1.29, 1.82) is 0 Å². The third-order valence-electron chi connectivity index (χ3n) is 4.70. The lowest BCUT2D eigenvalue weighted by molar-refractivity contribution is 0.129. The van der Waals surface area contributed by atoms with Crippen LogP contribution in [0.4, 0.5) is 10.5 Å². The van der Waals surface area contributed by atoms with E-state index >= 15 is 0 Å². The fourth-order valence-corrected chi connectivity index (χ4v) is 3.33. The van der Waals surface area contributed by atoms with Gasteiger partial charge in [-0.05, 0) is 24.3 Å². The summed E-state index contributed by atoms with van der Waals surface area (Å²) in [5.41, 5.74) is 7.64. The van der Waals surface area contributed by atoms with E-state index in [4.69, 9.17) is 15.5 Å². The van der Waals surface area contributed by atoms with Gasteiger partial charge in [-0.2, -0.15) is 0 Å². The number of aliphatic imine (C=N–C) groups is 1. The number of rotatable bonds is 1. The van der Waals surface area contributed by atoms with Crippen LogP contribution in [0.15, 0.2) is 59.6 Å². The summed E-state index contributed by atoms with van der Waals surface area (Å²) in [6.45, 7) is 1.13. The lowest BCUT2D eigenvalue weighted by Crippen LogP contribution is -2.52. The first kappa shape index (κ1) is 18.1. The SMILES string of the molecule is Cl.NC1=NC2(CCN(C(=O)Oc3ccccc3)CC2)Nc2ccccc21. The number of amides is 1. The molecule has 0 aliphatic carbocycles. The molecule has 0 radical (unpaired) electrons. The molecule has 0 saturated carbocycles. The van der Waals surface area contributed by atoms with Crippen molar-refractivity contribution in [2.75, 3.05) is 18.4 Å². The second-order valence-corrected chi connectivity index (χ2v) is 6.37. The van der Waals surface area contributed by atoms with Gasteiger partial charge in [-0.3, -0.25) is 0 Å². The Hall–Kier alpha value is -2.73. The molecular formula is C19H21ClN4O2. The van der Waals surface area contributed by atoms with E-state index in [9.17, 15) is 4.79 Å². The second kappa shape index (κ2) is 7.25. The highest BCUT2D eigenvalue weighted by molar-refractivity contribution is 6.04. The van der Waals surface area contributed by atoms with Crippen LogP contribution in [0.5, 0.6) is 5.75 Å². The lowest BCUT2D eigenvalue weighted by atomic mass is 9.94. The van der Waals surface area contributed by atoms with Crippen LogP contribution in [0.2, 0.25) is 0 Å². The average molecular weight is 373 g/mol. The number of benzene rings is 2. The maximum Gasteiger partial charge on any atom is 0.415 e. The molecule has 2 aliphatic rings. The summed E-state index contributed by atoms with van der Waals surface area (Å²) in [6, 6.07) is 17.0. The first-order valence-corrected chi connectivity index (χ1v) is 8.40. The zero-order valence-corrected chi connectivity index (χ0v) is 15.0. The monoisotopic (exact) mass is 372 g/mol. The molecule has 1 saturated heterocycles. The van der Waals surface area contributed by atoms with Crippen molar-refractivity contribution >= 4 is 30.0 Å². The van der Waals surface area contributed by atoms with Crippen LogP contribution >= 0.6 is 12.4 Å². The minimum absolute atomic E-state index is 0. The molecule has 2 aromatic carbocycles. The predicted octanol–water partition coefficient (Wildman–Crippen LogP) is 3.23. The first-order chi connectivity index (χ1) is 12.2. The number of ether oxygens (including phenoxy) is 1. The molecule has 26 heavy (non-hydrogen) atoms. The Morgan fingerprint density at radius 3 is 2.46 bits per heavy atom. The quantitative estimate of drug-likeness (QED) is 0.805.